The van der Waals surface area contributed by atoms with E-state index in [4.69, 9.17) is 13.7 Å². The lowest BCUT2D eigenvalue weighted by Crippen LogP contribution is -2.44. The Hall–Kier alpha value is -1.30. The highest BCUT2D eigenvalue weighted by Gasteiger charge is 2.41. The van der Waals surface area contributed by atoms with E-state index in [-0.39, 0.29) is 16.7 Å². The van der Waals surface area contributed by atoms with Gasteiger partial charge in [0.1, 0.15) is 0 Å². The van der Waals surface area contributed by atoms with E-state index in [1.54, 1.807) is 6.92 Å². The number of carbonyl (C=O) groups is 1. The zero-order valence-corrected chi connectivity index (χ0v) is 15.4. The van der Waals surface area contributed by atoms with Gasteiger partial charge < -0.3 is 13.7 Å². The SMILES string of the molecule is CCOC(=O)c1noc(C(C)C)c1O[Si](C)(C)C(C)(C)C. The lowest BCUT2D eigenvalue weighted by atomic mass is 10.1. The summed E-state index contributed by atoms with van der Waals surface area (Å²) in [6.45, 7) is 16.7. The summed E-state index contributed by atoms with van der Waals surface area (Å²) in [6.07, 6.45) is 0. The second-order valence-electron chi connectivity index (χ2n) is 6.96. The van der Waals surface area contributed by atoms with Crippen molar-refractivity contribution in [2.75, 3.05) is 6.61 Å². The normalized spacial score (nSPS) is 12.6. The molecular formula is C15H27NO4Si. The third kappa shape index (κ3) is 3.87. The van der Waals surface area contributed by atoms with Crippen molar-refractivity contribution in [3.63, 3.8) is 0 Å². The lowest BCUT2D eigenvalue weighted by molar-refractivity contribution is 0.0512. The molecule has 0 fully saturated rings. The molecule has 0 radical (unpaired) electrons. The van der Waals surface area contributed by atoms with E-state index in [2.05, 4.69) is 39.0 Å². The third-order valence-corrected chi connectivity index (χ3v) is 8.16. The average Bonchev–Trinajstić information content (AvgIpc) is 2.70. The van der Waals surface area contributed by atoms with Crippen LogP contribution in [0.25, 0.3) is 0 Å². The van der Waals surface area contributed by atoms with E-state index in [1.807, 2.05) is 13.8 Å². The predicted molar refractivity (Wildman–Crippen MR) is 84.4 cm³/mol. The number of hydrogen-bond donors (Lipinski definition) is 0. The highest BCUT2D eigenvalue weighted by molar-refractivity contribution is 6.74. The summed E-state index contributed by atoms with van der Waals surface area (Å²) in [6, 6.07) is 0. The molecule has 120 valence electrons. The van der Waals surface area contributed by atoms with Gasteiger partial charge in [-0.2, -0.15) is 0 Å². The molecule has 21 heavy (non-hydrogen) atoms. The number of aromatic nitrogens is 1. The van der Waals surface area contributed by atoms with E-state index in [1.165, 1.54) is 0 Å². The quantitative estimate of drug-likeness (QED) is 0.597. The Morgan fingerprint density at radius 1 is 1.33 bits per heavy atom. The molecule has 0 spiro atoms. The molecule has 0 aliphatic carbocycles. The molecule has 6 heteroatoms. The van der Waals surface area contributed by atoms with Crippen molar-refractivity contribution in [3.05, 3.63) is 11.5 Å². The first kappa shape index (κ1) is 17.7. The molecule has 0 saturated heterocycles. The van der Waals surface area contributed by atoms with Crippen molar-refractivity contribution in [1.82, 2.24) is 5.16 Å². The van der Waals surface area contributed by atoms with E-state index < -0.39 is 14.3 Å². The topological polar surface area (TPSA) is 61.6 Å². The van der Waals surface area contributed by atoms with Crippen LogP contribution in [0.2, 0.25) is 18.1 Å². The van der Waals surface area contributed by atoms with Crippen molar-refractivity contribution < 1.29 is 18.5 Å². The van der Waals surface area contributed by atoms with Gasteiger partial charge in [0.05, 0.1) is 6.61 Å². The molecule has 5 nitrogen and oxygen atoms in total. The summed E-state index contributed by atoms with van der Waals surface area (Å²) in [5, 5.41) is 3.89. The van der Waals surface area contributed by atoms with E-state index in [0.29, 0.717) is 18.1 Å². The Kier molecular flexibility index (Phi) is 5.25. The number of esters is 1. The number of carbonyl (C=O) groups excluding carboxylic acids is 1. The minimum atomic E-state index is -2.09. The van der Waals surface area contributed by atoms with E-state index in [9.17, 15) is 4.79 Å². The molecule has 0 bridgehead atoms. The van der Waals surface area contributed by atoms with Gasteiger partial charge in [0.15, 0.2) is 11.5 Å². The Morgan fingerprint density at radius 3 is 2.33 bits per heavy atom. The zero-order chi connectivity index (χ0) is 16.4. The molecule has 0 aromatic carbocycles. The van der Waals surface area contributed by atoms with Gasteiger partial charge in [0.2, 0.25) is 5.69 Å². The van der Waals surface area contributed by atoms with Gasteiger partial charge >= 0.3 is 5.97 Å². The highest BCUT2D eigenvalue weighted by Crippen LogP contribution is 2.40. The molecule has 0 atom stereocenters. The van der Waals surface area contributed by atoms with Crippen molar-refractivity contribution >= 4 is 14.3 Å². The van der Waals surface area contributed by atoms with Gasteiger partial charge in [-0.15, -0.1) is 0 Å². The second kappa shape index (κ2) is 6.21. The fourth-order valence-electron chi connectivity index (χ4n) is 1.50. The molecule has 1 aromatic rings. The fourth-order valence-corrected chi connectivity index (χ4v) is 2.51. The number of rotatable bonds is 5. The Balaban J connectivity index is 3.25. The molecule has 1 aromatic heterocycles. The van der Waals surface area contributed by atoms with Gasteiger partial charge in [0, 0.05) is 5.92 Å². The molecular weight excluding hydrogens is 286 g/mol. The van der Waals surface area contributed by atoms with Gasteiger partial charge in [-0.3, -0.25) is 0 Å². The smallest absolute Gasteiger partial charge is 0.364 e. The number of nitrogens with zero attached hydrogens (tertiary/aromatic N) is 1. The van der Waals surface area contributed by atoms with Crippen LogP contribution < -0.4 is 4.43 Å². The largest absolute Gasteiger partial charge is 0.539 e. The van der Waals surface area contributed by atoms with Crippen molar-refractivity contribution in [2.45, 2.75) is 65.6 Å². The Morgan fingerprint density at radius 2 is 1.90 bits per heavy atom. The van der Waals surface area contributed by atoms with Crippen LogP contribution in [0, 0.1) is 0 Å². The summed E-state index contributed by atoms with van der Waals surface area (Å²) >= 11 is 0. The summed E-state index contributed by atoms with van der Waals surface area (Å²) < 4.78 is 16.6. The van der Waals surface area contributed by atoms with Crippen LogP contribution in [0.3, 0.4) is 0 Å². The maximum absolute atomic E-state index is 12.0. The summed E-state index contributed by atoms with van der Waals surface area (Å²) in [5.41, 5.74) is 0.144. The van der Waals surface area contributed by atoms with E-state index in [0.717, 1.165) is 0 Å². The summed E-state index contributed by atoms with van der Waals surface area (Å²) in [4.78, 5) is 12.0. The maximum Gasteiger partial charge on any atom is 0.364 e. The first-order chi connectivity index (χ1) is 9.51. The standard InChI is InChI=1S/C15H27NO4Si/c1-9-18-14(17)11-13(12(10(2)3)19-16-11)20-21(7,8)15(4,5)6/h10H,9H2,1-8H3. The fraction of sp³-hybridized carbons (Fsp3) is 0.733. The van der Waals surface area contributed by atoms with Crippen LogP contribution in [-0.2, 0) is 4.74 Å². The maximum atomic E-state index is 12.0. The molecule has 0 aliphatic heterocycles. The molecule has 0 unspecified atom stereocenters. The zero-order valence-electron chi connectivity index (χ0n) is 14.4. The Labute approximate surface area is 128 Å². The second-order valence-corrected chi connectivity index (χ2v) is 11.7. The van der Waals surface area contributed by atoms with Crippen LogP contribution in [-0.4, -0.2) is 26.1 Å². The molecule has 0 amide bonds. The number of ether oxygens (including phenoxy) is 1. The third-order valence-electron chi connectivity index (χ3n) is 3.83. The van der Waals surface area contributed by atoms with E-state index >= 15 is 0 Å². The highest BCUT2D eigenvalue weighted by atomic mass is 28.4. The minimum Gasteiger partial charge on any atom is -0.539 e. The van der Waals surface area contributed by atoms with Gasteiger partial charge in [-0.25, -0.2) is 4.79 Å². The van der Waals surface area contributed by atoms with Crippen LogP contribution in [0.5, 0.6) is 5.75 Å². The van der Waals surface area contributed by atoms with Crippen LogP contribution in [0.15, 0.2) is 4.52 Å². The van der Waals surface area contributed by atoms with Crippen LogP contribution in [0.1, 0.15) is 63.7 Å². The van der Waals surface area contributed by atoms with Gasteiger partial charge in [-0.05, 0) is 25.1 Å². The summed E-state index contributed by atoms with van der Waals surface area (Å²) in [5.74, 6) is 0.639. The lowest BCUT2D eigenvalue weighted by Gasteiger charge is -2.36. The van der Waals surface area contributed by atoms with Crippen LogP contribution >= 0.6 is 0 Å². The van der Waals surface area contributed by atoms with Crippen molar-refractivity contribution in [2.24, 2.45) is 0 Å². The minimum absolute atomic E-state index is 0.0183. The van der Waals surface area contributed by atoms with Gasteiger partial charge in [-0.1, -0.05) is 39.8 Å². The average molecular weight is 313 g/mol. The van der Waals surface area contributed by atoms with Gasteiger partial charge in [0.25, 0.3) is 8.32 Å². The molecule has 0 aliphatic rings. The Bertz CT molecular complexity index is 500. The predicted octanol–water partition coefficient (Wildman–Crippen LogP) is 4.36. The van der Waals surface area contributed by atoms with Crippen molar-refractivity contribution in [1.29, 1.82) is 0 Å². The molecule has 0 N–H and O–H groups in total. The first-order valence-corrected chi connectivity index (χ1v) is 10.3. The molecule has 1 rings (SSSR count). The van der Waals surface area contributed by atoms with Crippen LogP contribution in [0.4, 0.5) is 0 Å². The van der Waals surface area contributed by atoms with Crippen molar-refractivity contribution in [3.8, 4) is 5.75 Å². The first-order valence-electron chi connectivity index (χ1n) is 7.37. The summed E-state index contributed by atoms with van der Waals surface area (Å²) in [7, 11) is -2.09. The number of hydrogen-bond acceptors (Lipinski definition) is 5. The molecule has 0 saturated carbocycles. The molecule has 1 heterocycles. The monoisotopic (exact) mass is 313 g/mol.